The monoisotopic (exact) mass is 222 g/mol. The summed E-state index contributed by atoms with van der Waals surface area (Å²) < 4.78 is 4.92. The Hall–Kier alpha value is -0.860. The molecule has 0 aliphatic heterocycles. The van der Waals surface area contributed by atoms with E-state index in [2.05, 4.69) is 6.92 Å². The van der Waals surface area contributed by atoms with Crippen LogP contribution in [0.15, 0.2) is 0 Å². The van der Waals surface area contributed by atoms with Crippen LogP contribution >= 0.6 is 0 Å². The van der Waals surface area contributed by atoms with Crippen LogP contribution in [0.25, 0.3) is 0 Å². The third-order valence-corrected chi connectivity index (χ3v) is 5.37. The summed E-state index contributed by atoms with van der Waals surface area (Å²) in [6, 6.07) is 0. The summed E-state index contributed by atoms with van der Waals surface area (Å²) in [6.07, 6.45) is 3.91. The van der Waals surface area contributed by atoms with Gasteiger partial charge in [-0.3, -0.25) is 9.59 Å². The lowest BCUT2D eigenvalue weighted by Crippen LogP contribution is -2.35. The van der Waals surface area contributed by atoms with Crippen LogP contribution in [-0.2, 0) is 14.3 Å². The Balaban J connectivity index is 2.02. The van der Waals surface area contributed by atoms with Crippen molar-refractivity contribution >= 4 is 11.8 Å². The van der Waals surface area contributed by atoms with Gasteiger partial charge in [-0.15, -0.1) is 0 Å². The van der Waals surface area contributed by atoms with Crippen molar-refractivity contribution in [1.82, 2.24) is 0 Å². The average Bonchev–Trinajstić information content (AvgIpc) is 2.59. The lowest BCUT2D eigenvalue weighted by atomic mass is 9.69. The quantitative estimate of drug-likeness (QED) is 0.635. The summed E-state index contributed by atoms with van der Waals surface area (Å²) in [5, 5.41) is 0. The van der Waals surface area contributed by atoms with Crippen LogP contribution in [-0.4, -0.2) is 18.9 Å². The van der Waals surface area contributed by atoms with E-state index in [1.54, 1.807) is 0 Å². The molecular formula is C13H18O3. The number of hydrogen-bond acceptors (Lipinski definition) is 3. The summed E-state index contributed by atoms with van der Waals surface area (Å²) in [5.41, 5.74) is 0.0961. The normalized spacial score (nSPS) is 49.5. The maximum Gasteiger partial charge on any atom is 0.309 e. The highest BCUT2D eigenvalue weighted by Crippen LogP contribution is 2.67. The molecule has 3 aliphatic carbocycles. The zero-order chi connectivity index (χ0) is 11.5. The van der Waals surface area contributed by atoms with E-state index in [1.165, 1.54) is 7.11 Å². The van der Waals surface area contributed by atoms with Crippen molar-refractivity contribution in [2.45, 2.75) is 32.6 Å². The molecule has 3 aliphatic rings. The minimum atomic E-state index is -0.0851. The van der Waals surface area contributed by atoms with Gasteiger partial charge in [-0.1, -0.05) is 13.3 Å². The molecule has 0 saturated heterocycles. The van der Waals surface area contributed by atoms with Gasteiger partial charge in [-0.25, -0.2) is 0 Å². The van der Waals surface area contributed by atoms with Crippen LogP contribution in [0.2, 0.25) is 0 Å². The smallest absolute Gasteiger partial charge is 0.309 e. The summed E-state index contributed by atoms with van der Waals surface area (Å²) in [6.45, 7) is 2.21. The third kappa shape index (κ3) is 0.994. The molecule has 0 unspecified atom stereocenters. The molecule has 0 amide bonds. The molecule has 0 N–H and O–H groups in total. The highest BCUT2D eigenvalue weighted by molar-refractivity contribution is 5.90. The van der Waals surface area contributed by atoms with Gasteiger partial charge in [0.15, 0.2) is 0 Å². The lowest BCUT2D eigenvalue weighted by Gasteiger charge is -2.34. The molecule has 4 bridgehead atoms. The fraction of sp³-hybridized carbons (Fsp3) is 0.846. The molecule has 3 saturated carbocycles. The molecule has 0 aromatic rings. The summed E-state index contributed by atoms with van der Waals surface area (Å²) in [5.74, 6) is 0.994. The maximum absolute atomic E-state index is 12.0. The minimum Gasteiger partial charge on any atom is -0.469 e. The first-order valence-corrected chi connectivity index (χ1v) is 6.20. The number of methoxy groups -OCH3 is 1. The van der Waals surface area contributed by atoms with Crippen molar-refractivity contribution in [3.05, 3.63) is 0 Å². The predicted octanol–water partition coefficient (Wildman–Crippen LogP) is 1.80. The molecule has 88 valence electrons. The molecule has 3 nitrogen and oxygen atoms in total. The number of rotatable bonds is 1. The largest absolute Gasteiger partial charge is 0.469 e. The van der Waals surface area contributed by atoms with Crippen molar-refractivity contribution in [2.24, 2.45) is 29.1 Å². The number of hydrogen-bond donors (Lipinski definition) is 0. The van der Waals surface area contributed by atoms with Gasteiger partial charge in [0, 0.05) is 12.3 Å². The molecule has 0 radical (unpaired) electrons. The Morgan fingerprint density at radius 3 is 2.88 bits per heavy atom. The second-order valence-corrected chi connectivity index (χ2v) is 5.87. The first-order chi connectivity index (χ1) is 7.59. The first-order valence-electron chi connectivity index (χ1n) is 6.20. The van der Waals surface area contributed by atoms with E-state index in [0.717, 1.165) is 19.3 Å². The van der Waals surface area contributed by atoms with Crippen LogP contribution in [0.1, 0.15) is 32.6 Å². The van der Waals surface area contributed by atoms with Crippen LogP contribution in [0.3, 0.4) is 0 Å². The lowest BCUT2D eigenvalue weighted by molar-refractivity contribution is -0.150. The van der Waals surface area contributed by atoms with E-state index in [-0.39, 0.29) is 35.1 Å². The molecule has 0 heterocycles. The summed E-state index contributed by atoms with van der Waals surface area (Å²) in [7, 11) is 1.46. The second kappa shape index (κ2) is 3.08. The topological polar surface area (TPSA) is 43.4 Å². The molecule has 0 aromatic heterocycles. The number of esters is 1. The Morgan fingerprint density at radius 2 is 2.25 bits per heavy atom. The average molecular weight is 222 g/mol. The van der Waals surface area contributed by atoms with Crippen molar-refractivity contribution in [3.63, 3.8) is 0 Å². The number of carbonyl (C=O) groups is 2. The minimum absolute atomic E-state index is 0.000185. The van der Waals surface area contributed by atoms with Gasteiger partial charge in [0.05, 0.1) is 13.0 Å². The van der Waals surface area contributed by atoms with Gasteiger partial charge in [0.1, 0.15) is 5.78 Å². The molecular weight excluding hydrogens is 204 g/mol. The van der Waals surface area contributed by atoms with Crippen LogP contribution < -0.4 is 0 Å². The van der Waals surface area contributed by atoms with E-state index in [9.17, 15) is 9.59 Å². The third-order valence-electron chi connectivity index (χ3n) is 5.37. The van der Waals surface area contributed by atoms with Gasteiger partial charge in [-0.05, 0) is 30.1 Å². The highest BCUT2D eigenvalue weighted by Gasteiger charge is 2.68. The van der Waals surface area contributed by atoms with Gasteiger partial charge in [-0.2, -0.15) is 0 Å². The Labute approximate surface area is 95.5 Å². The predicted molar refractivity (Wildman–Crippen MR) is 57.6 cm³/mol. The van der Waals surface area contributed by atoms with Gasteiger partial charge >= 0.3 is 5.97 Å². The van der Waals surface area contributed by atoms with Crippen LogP contribution in [0.5, 0.6) is 0 Å². The summed E-state index contributed by atoms with van der Waals surface area (Å²) >= 11 is 0. The van der Waals surface area contributed by atoms with Crippen molar-refractivity contribution in [3.8, 4) is 0 Å². The van der Waals surface area contributed by atoms with Crippen molar-refractivity contribution < 1.29 is 14.3 Å². The zero-order valence-corrected chi connectivity index (χ0v) is 9.86. The van der Waals surface area contributed by atoms with E-state index < -0.39 is 0 Å². The Bertz CT molecular complexity index is 362. The fourth-order valence-corrected chi connectivity index (χ4v) is 4.83. The molecule has 5 atom stereocenters. The SMILES string of the molecule is COC(=O)[C@@H]1[C@@H]2CCC[C@@]3(C)[C@@H]2C(=O)C[C@@H]13. The maximum atomic E-state index is 12.0. The second-order valence-electron chi connectivity index (χ2n) is 5.87. The highest BCUT2D eigenvalue weighted by atomic mass is 16.5. The van der Waals surface area contributed by atoms with Gasteiger partial charge in [0.25, 0.3) is 0 Å². The standard InChI is InChI=1S/C13H18O3/c1-13-5-3-4-7-10(12(15)16-2)8(13)6-9(14)11(7)13/h7-8,10-11H,3-6H2,1-2H3/t7-,8-,10+,11-,13+/m0/s1. The number of ether oxygens (including phenoxy) is 1. The molecule has 3 heteroatoms. The fourth-order valence-electron chi connectivity index (χ4n) is 4.83. The molecule has 3 fully saturated rings. The molecule has 3 rings (SSSR count). The van der Waals surface area contributed by atoms with E-state index >= 15 is 0 Å². The first kappa shape index (κ1) is 10.3. The molecule has 0 aromatic carbocycles. The van der Waals surface area contributed by atoms with Crippen molar-refractivity contribution in [1.29, 1.82) is 0 Å². The number of ketones is 1. The van der Waals surface area contributed by atoms with E-state index in [1.807, 2.05) is 0 Å². The van der Waals surface area contributed by atoms with Gasteiger partial charge < -0.3 is 4.74 Å². The van der Waals surface area contributed by atoms with E-state index in [4.69, 9.17) is 4.74 Å². The van der Waals surface area contributed by atoms with E-state index in [0.29, 0.717) is 12.2 Å². The van der Waals surface area contributed by atoms with Crippen LogP contribution in [0, 0.1) is 29.1 Å². The molecule has 16 heavy (non-hydrogen) atoms. The summed E-state index contributed by atoms with van der Waals surface area (Å²) in [4.78, 5) is 23.8. The van der Waals surface area contributed by atoms with Crippen molar-refractivity contribution in [2.75, 3.05) is 7.11 Å². The number of carbonyl (C=O) groups excluding carboxylic acids is 2. The van der Waals surface area contributed by atoms with Crippen LogP contribution in [0.4, 0.5) is 0 Å². The zero-order valence-electron chi connectivity index (χ0n) is 9.86. The Kier molecular flexibility index (Phi) is 1.99. The molecule has 0 spiro atoms. The van der Waals surface area contributed by atoms with Gasteiger partial charge in [0.2, 0.25) is 0 Å². The Morgan fingerprint density at radius 1 is 1.50 bits per heavy atom. The number of Topliss-reactive ketones (excluding diaryl/α,β-unsaturated/α-hetero) is 1.